The van der Waals surface area contributed by atoms with Crippen LogP contribution in [0.15, 0.2) is 65.6 Å². The third-order valence-corrected chi connectivity index (χ3v) is 9.55. The Bertz CT molecular complexity index is 1640. The number of benzene rings is 3. The number of hydrogen-bond donors (Lipinski definition) is 2. The van der Waals surface area contributed by atoms with Crippen molar-refractivity contribution in [3.63, 3.8) is 0 Å². The Hall–Kier alpha value is -3.76. The van der Waals surface area contributed by atoms with E-state index in [0.29, 0.717) is 30.6 Å². The number of carbonyl (C=O) groups is 3. The highest BCUT2D eigenvalue weighted by Crippen LogP contribution is 2.37. The summed E-state index contributed by atoms with van der Waals surface area (Å²) in [4.78, 5) is 43.0. The average Bonchev–Trinajstić information content (AvgIpc) is 3.23. The van der Waals surface area contributed by atoms with Crippen LogP contribution in [0.1, 0.15) is 47.8 Å². The molecule has 2 N–H and O–H groups in total. The van der Waals surface area contributed by atoms with Crippen molar-refractivity contribution in [2.75, 3.05) is 13.6 Å². The highest BCUT2D eigenvalue weighted by atomic mass is 33.1. The van der Waals surface area contributed by atoms with E-state index >= 15 is 0 Å². The van der Waals surface area contributed by atoms with Crippen LogP contribution in [-0.4, -0.2) is 40.6 Å². The van der Waals surface area contributed by atoms with E-state index < -0.39 is 11.9 Å². The molecule has 42 heavy (non-hydrogen) atoms. The fourth-order valence-electron chi connectivity index (χ4n) is 4.66. The summed E-state index contributed by atoms with van der Waals surface area (Å²) >= 11 is 0. The highest BCUT2D eigenvalue weighted by molar-refractivity contribution is 8.82. The van der Waals surface area contributed by atoms with Gasteiger partial charge in [-0.25, -0.2) is 9.18 Å². The van der Waals surface area contributed by atoms with E-state index in [1.807, 2.05) is 69.3 Å². The van der Waals surface area contributed by atoms with Crippen LogP contribution in [0.25, 0.3) is 22.2 Å². The lowest BCUT2D eigenvalue weighted by molar-refractivity contribution is -0.117. The first-order valence-corrected chi connectivity index (χ1v) is 15.7. The number of aromatic nitrogens is 1. The first kappa shape index (κ1) is 29.7. The van der Waals surface area contributed by atoms with Crippen molar-refractivity contribution in [3.05, 3.63) is 88.7 Å². The van der Waals surface area contributed by atoms with Crippen LogP contribution in [0.3, 0.4) is 0 Å². The van der Waals surface area contributed by atoms with Crippen LogP contribution in [0.2, 0.25) is 0 Å². The van der Waals surface area contributed by atoms with Gasteiger partial charge in [-0.05, 0) is 74.5 Å². The lowest BCUT2D eigenvalue weighted by atomic mass is 9.99. The predicted molar refractivity (Wildman–Crippen MR) is 166 cm³/mol. The molecule has 2 heterocycles. The maximum absolute atomic E-state index is 14.2. The number of halogens is 1. The van der Waals surface area contributed by atoms with Crippen molar-refractivity contribution < 1.29 is 23.5 Å². The van der Waals surface area contributed by atoms with Crippen molar-refractivity contribution in [1.29, 1.82) is 0 Å². The van der Waals surface area contributed by atoms with Crippen LogP contribution in [0, 0.1) is 11.2 Å². The van der Waals surface area contributed by atoms with Crippen molar-refractivity contribution >= 4 is 49.6 Å². The minimum absolute atomic E-state index is 0.117. The molecule has 5 rings (SSSR count). The number of nitrogens with zero attached hydrogens (tertiary/aromatic N) is 1. The Morgan fingerprint density at radius 1 is 1.02 bits per heavy atom. The number of hydrogen-bond acceptors (Lipinski definition) is 6. The number of H-pyrrole nitrogens is 1. The molecule has 0 radical (unpaired) electrons. The maximum atomic E-state index is 14.2. The third kappa shape index (κ3) is 6.65. The van der Waals surface area contributed by atoms with E-state index in [4.69, 9.17) is 4.74 Å². The van der Waals surface area contributed by atoms with Crippen LogP contribution >= 0.6 is 21.6 Å². The molecule has 2 amide bonds. The van der Waals surface area contributed by atoms with Crippen molar-refractivity contribution in [2.45, 2.75) is 45.2 Å². The first-order chi connectivity index (χ1) is 20.0. The zero-order chi connectivity index (χ0) is 30.0. The topological polar surface area (TPSA) is 91.5 Å². The minimum Gasteiger partial charge on any atom is -0.445 e. The van der Waals surface area contributed by atoms with E-state index in [1.165, 1.54) is 38.6 Å². The smallest absolute Gasteiger partial charge is 0.410 e. The van der Waals surface area contributed by atoms with Gasteiger partial charge in [0, 0.05) is 47.0 Å². The van der Waals surface area contributed by atoms with Crippen LogP contribution in [0.4, 0.5) is 9.18 Å². The van der Waals surface area contributed by atoms with Gasteiger partial charge < -0.3 is 19.9 Å². The van der Waals surface area contributed by atoms with Gasteiger partial charge >= 0.3 is 6.09 Å². The van der Waals surface area contributed by atoms with Gasteiger partial charge in [-0.15, -0.1) is 0 Å². The van der Waals surface area contributed by atoms with Gasteiger partial charge in [-0.3, -0.25) is 9.59 Å². The molecule has 0 saturated heterocycles. The molecule has 0 atom stereocenters. The van der Waals surface area contributed by atoms with E-state index in [9.17, 15) is 18.8 Å². The van der Waals surface area contributed by atoms with Gasteiger partial charge in [0.25, 0.3) is 5.91 Å². The summed E-state index contributed by atoms with van der Waals surface area (Å²) in [5.41, 5.74) is 5.09. The molecule has 1 aromatic heterocycles. The molecule has 0 fully saturated rings. The van der Waals surface area contributed by atoms with Gasteiger partial charge in [-0.1, -0.05) is 57.2 Å². The van der Waals surface area contributed by atoms with E-state index in [-0.39, 0.29) is 23.0 Å². The van der Waals surface area contributed by atoms with E-state index in [1.54, 1.807) is 7.05 Å². The summed E-state index contributed by atoms with van der Waals surface area (Å²) in [7, 11) is 4.33. The summed E-state index contributed by atoms with van der Waals surface area (Å²) in [5, 5.41) is 3.72. The first-order valence-electron chi connectivity index (χ1n) is 13.6. The van der Waals surface area contributed by atoms with E-state index in [0.717, 1.165) is 38.2 Å². The molecule has 218 valence electrons. The van der Waals surface area contributed by atoms with Gasteiger partial charge in [0.05, 0.1) is 5.56 Å². The lowest BCUT2D eigenvalue weighted by Crippen LogP contribution is -2.26. The molecule has 0 spiro atoms. The number of ether oxygens (including phenoxy) is 1. The van der Waals surface area contributed by atoms with Crippen LogP contribution in [-0.2, 0) is 29.1 Å². The Labute approximate surface area is 252 Å². The van der Waals surface area contributed by atoms with Crippen molar-refractivity contribution in [3.8, 4) is 11.3 Å². The average molecular weight is 606 g/mol. The minimum atomic E-state index is -0.460. The Morgan fingerprint density at radius 2 is 1.71 bits per heavy atom. The molecule has 0 aliphatic carbocycles. The molecule has 3 aromatic carbocycles. The number of carbonyl (C=O) groups excluding carboxylic acids is 3. The van der Waals surface area contributed by atoms with Crippen molar-refractivity contribution in [1.82, 2.24) is 15.2 Å². The normalized spacial score (nSPS) is 13.0. The number of aromatic amines is 1. The number of amides is 2. The van der Waals surface area contributed by atoms with Gasteiger partial charge in [0.2, 0.25) is 5.12 Å². The Kier molecular flexibility index (Phi) is 8.65. The molecule has 0 unspecified atom stereocenters. The fourth-order valence-corrected chi connectivity index (χ4v) is 6.93. The zero-order valence-electron chi connectivity index (χ0n) is 23.9. The highest BCUT2D eigenvalue weighted by Gasteiger charge is 2.24. The second kappa shape index (κ2) is 12.2. The van der Waals surface area contributed by atoms with Crippen LogP contribution < -0.4 is 5.32 Å². The maximum Gasteiger partial charge on any atom is 0.410 e. The molecule has 7 nitrogen and oxygen atoms in total. The summed E-state index contributed by atoms with van der Waals surface area (Å²) in [6, 6.07) is 18.1. The molecule has 1 aliphatic rings. The summed E-state index contributed by atoms with van der Waals surface area (Å²) < 4.78 is 19.7. The summed E-state index contributed by atoms with van der Waals surface area (Å²) in [6.07, 6.45) is 0.194. The molecular formula is C32H32FN3O4S2. The Balaban J connectivity index is 1.18. The molecule has 4 aromatic rings. The second-order valence-electron chi connectivity index (χ2n) is 11.3. The summed E-state index contributed by atoms with van der Waals surface area (Å²) in [6.45, 7) is 6.68. The molecule has 1 aliphatic heterocycles. The monoisotopic (exact) mass is 605 g/mol. The lowest BCUT2D eigenvalue weighted by Gasteiger charge is -2.17. The Morgan fingerprint density at radius 3 is 2.40 bits per heavy atom. The second-order valence-corrected chi connectivity index (χ2v) is 13.5. The number of rotatable bonds is 7. The standard InChI is InChI=1S/C32H32FN3O4S2/c1-32(2,3)30(38)42-41-23-11-7-20(8-12-23)18-40-31(39)36(4)17-19-5-9-21(10-6-19)28-24-13-14-34-29(37)25-15-22(33)16-26(35-28)27(24)25/h5-12,15-16,35H,13-14,17-18H2,1-4H3,(H,34,37). The van der Waals surface area contributed by atoms with Gasteiger partial charge in [0.1, 0.15) is 12.4 Å². The van der Waals surface area contributed by atoms with Crippen LogP contribution in [0.5, 0.6) is 0 Å². The third-order valence-electron chi connectivity index (χ3n) is 6.96. The van der Waals surface area contributed by atoms with Gasteiger partial charge in [-0.2, -0.15) is 0 Å². The fraction of sp³-hybridized carbons (Fsp3) is 0.281. The SMILES string of the molecule is CN(Cc1ccc(-c2[nH]c3cc(F)cc4c3c2CCNC4=O)cc1)C(=O)OCc1ccc(SSC(=O)C(C)(C)C)cc1. The number of nitrogens with one attached hydrogen (secondary N) is 2. The van der Waals surface area contributed by atoms with E-state index in [2.05, 4.69) is 10.3 Å². The zero-order valence-corrected chi connectivity index (χ0v) is 25.5. The van der Waals surface area contributed by atoms with Crippen molar-refractivity contribution in [2.24, 2.45) is 5.41 Å². The molecular weight excluding hydrogens is 574 g/mol. The summed E-state index contributed by atoms with van der Waals surface area (Å²) in [5.74, 6) is -0.730. The predicted octanol–water partition coefficient (Wildman–Crippen LogP) is 7.34. The molecule has 0 bridgehead atoms. The molecule has 10 heteroatoms. The molecule has 0 saturated carbocycles. The quantitative estimate of drug-likeness (QED) is 0.214. The largest absolute Gasteiger partial charge is 0.445 e. The van der Waals surface area contributed by atoms with Gasteiger partial charge in [0.15, 0.2) is 0 Å².